The van der Waals surface area contributed by atoms with Crippen molar-refractivity contribution in [1.82, 2.24) is 25.2 Å². The van der Waals surface area contributed by atoms with Crippen LogP contribution in [0.15, 0.2) is 41.3 Å². The number of hydrogen-bond acceptors (Lipinski definition) is 6. The molecule has 5 rings (SSSR count). The Bertz CT molecular complexity index is 1290. The molecule has 0 unspecified atom stereocenters. The Morgan fingerprint density at radius 1 is 1.18 bits per heavy atom. The lowest BCUT2D eigenvalue weighted by Gasteiger charge is -2.61. The van der Waals surface area contributed by atoms with Crippen molar-refractivity contribution < 1.29 is 18.0 Å². The minimum atomic E-state index is -4.48. The molecular weight excluding hydrogens is 449 g/mol. The standard InChI is InChI=1S/C23H23F3N6O2/c1-27-20(33)17-5-3-15(8-28-17)32-12-22(13-32)10-31(11-22)9-14-2-4-16-18(6-14)30-21(34)19(29-16)7-23(24,25)26/h2-6,8H,7,9-13H2,1H3,(H,27,33)(H,30,34). The number of aromatic amines is 1. The molecule has 1 spiro atoms. The molecule has 0 bridgehead atoms. The van der Waals surface area contributed by atoms with Crippen molar-refractivity contribution in [3.63, 3.8) is 0 Å². The van der Waals surface area contributed by atoms with Gasteiger partial charge in [-0.05, 0) is 29.8 Å². The average molecular weight is 472 g/mol. The highest BCUT2D eigenvalue weighted by Gasteiger charge is 2.51. The molecule has 8 nitrogen and oxygen atoms in total. The van der Waals surface area contributed by atoms with Gasteiger partial charge in [-0.25, -0.2) is 9.97 Å². The van der Waals surface area contributed by atoms with Gasteiger partial charge < -0.3 is 15.2 Å². The van der Waals surface area contributed by atoms with Crippen LogP contribution in [0.4, 0.5) is 18.9 Å². The zero-order valence-electron chi connectivity index (χ0n) is 18.4. The van der Waals surface area contributed by atoms with Crippen molar-refractivity contribution in [3.8, 4) is 0 Å². The lowest BCUT2D eigenvalue weighted by molar-refractivity contribution is -0.128. The molecule has 1 aromatic carbocycles. The number of carbonyl (C=O) groups excluding carboxylic acids is 1. The van der Waals surface area contributed by atoms with Crippen LogP contribution in [0, 0.1) is 5.41 Å². The van der Waals surface area contributed by atoms with Gasteiger partial charge in [0.25, 0.3) is 11.5 Å². The molecule has 0 saturated carbocycles. The second-order valence-electron chi connectivity index (χ2n) is 9.14. The summed E-state index contributed by atoms with van der Waals surface area (Å²) in [7, 11) is 1.57. The summed E-state index contributed by atoms with van der Waals surface area (Å²) in [6, 6.07) is 8.89. The van der Waals surface area contributed by atoms with E-state index in [1.807, 2.05) is 12.1 Å². The lowest BCUT2D eigenvalue weighted by atomic mass is 9.72. The number of halogens is 3. The summed E-state index contributed by atoms with van der Waals surface area (Å²) in [4.78, 5) is 38.8. The second kappa shape index (κ2) is 8.08. The van der Waals surface area contributed by atoms with E-state index in [0.29, 0.717) is 23.3 Å². The summed E-state index contributed by atoms with van der Waals surface area (Å²) in [5.41, 5.74) is 2.03. The largest absolute Gasteiger partial charge is 0.394 e. The highest BCUT2D eigenvalue weighted by molar-refractivity contribution is 5.92. The fraction of sp³-hybridized carbons (Fsp3) is 0.391. The summed E-state index contributed by atoms with van der Waals surface area (Å²) >= 11 is 0. The van der Waals surface area contributed by atoms with Crippen molar-refractivity contribution in [2.75, 3.05) is 38.1 Å². The molecule has 0 atom stereocenters. The van der Waals surface area contributed by atoms with Gasteiger partial charge in [-0.15, -0.1) is 0 Å². The smallest absolute Gasteiger partial charge is 0.369 e. The first-order valence-corrected chi connectivity index (χ1v) is 10.9. The van der Waals surface area contributed by atoms with Crippen molar-refractivity contribution in [1.29, 1.82) is 0 Å². The predicted octanol–water partition coefficient (Wildman–Crippen LogP) is 2.10. The first-order valence-electron chi connectivity index (χ1n) is 10.9. The quantitative estimate of drug-likeness (QED) is 0.591. The third-order valence-electron chi connectivity index (χ3n) is 6.34. The summed E-state index contributed by atoms with van der Waals surface area (Å²) < 4.78 is 37.9. The number of rotatable bonds is 5. The molecule has 4 heterocycles. The van der Waals surface area contributed by atoms with Gasteiger partial charge in [0, 0.05) is 45.2 Å². The molecule has 2 saturated heterocycles. The number of likely N-dealkylation sites (tertiary alicyclic amines) is 1. The summed E-state index contributed by atoms with van der Waals surface area (Å²) in [5.74, 6) is -0.212. The van der Waals surface area contributed by atoms with Crippen LogP contribution in [0.1, 0.15) is 21.7 Å². The van der Waals surface area contributed by atoms with Gasteiger partial charge in [0.2, 0.25) is 0 Å². The first kappa shape index (κ1) is 22.3. The molecule has 178 valence electrons. The maximum Gasteiger partial charge on any atom is 0.394 e. The number of pyridine rings is 1. The van der Waals surface area contributed by atoms with E-state index < -0.39 is 23.9 Å². The van der Waals surface area contributed by atoms with E-state index in [4.69, 9.17) is 0 Å². The van der Waals surface area contributed by atoms with Gasteiger partial charge in [0.1, 0.15) is 11.4 Å². The van der Waals surface area contributed by atoms with Gasteiger partial charge in [-0.1, -0.05) is 6.07 Å². The van der Waals surface area contributed by atoms with Gasteiger partial charge in [0.05, 0.1) is 29.3 Å². The van der Waals surface area contributed by atoms with Crippen LogP contribution in [-0.4, -0.2) is 65.2 Å². The Hall–Kier alpha value is -3.47. The number of benzene rings is 1. The Kier molecular flexibility index (Phi) is 5.31. The van der Waals surface area contributed by atoms with E-state index in [2.05, 4.69) is 30.1 Å². The average Bonchev–Trinajstić information content (AvgIpc) is 2.73. The summed E-state index contributed by atoms with van der Waals surface area (Å²) in [5, 5.41) is 2.55. The van der Waals surface area contributed by atoms with Crippen LogP contribution in [-0.2, 0) is 13.0 Å². The SMILES string of the molecule is CNC(=O)c1ccc(N2CC3(CN(Cc4ccc5nc(CC(F)(F)F)c(=O)[nH]c5c4)C3)C2)cn1. The van der Waals surface area contributed by atoms with Gasteiger partial charge >= 0.3 is 6.18 Å². The summed E-state index contributed by atoms with van der Waals surface area (Å²) in [6.07, 6.45) is -4.11. The van der Waals surface area contributed by atoms with Crippen LogP contribution in [0.2, 0.25) is 0 Å². The van der Waals surface area contributed by atoms with E-state index in [1.165, 1.54) is 0 Å². The van der Waals surface area contributed by atoms with Gasteiger partial charge in [-0.3, -0.25) is 14.5 Å². The molecular formula is C23H23F3N6O2. The van der Waals surface area contributed by atoms with Crippen molar-refractivity contribution >= 4 is 22.6 Å². The molecule has 0 radical (unpaired) electrons. The summed E-state index contributed by atoms with van der Waals surface area (Å²) in [6.45, 7) is 4.39. The van der Waals surface area contributed by atoms with Gasteiger partial charge in [0.15, 0.2) is 0 Å². The van der Waals surface area contributed by atoms with E-state index >= 15 is 0 Å². The van der Waals surface area contributed by atoms with E-state index in [1.54, 1.807) is 31.4 Å². The van der Waals surface area contributed by atoms with Crippen LogP contribution in [0.3, 0.4) is 0 Å². The number of H-pyrrole nitrogens is 1. The highest BCUT2D eigenvalue weighted by Crippen LogP contribution is 2.42. The van der Waals surface area contributed by atoms with Crippen molar-refractivity contribution in [2.24, 2.45) is 5.41 Å². The van der Waals surface area contributed by atoms with Crippen LogP contribution in [0.5, 0.6) is 0 Å². The Morgan fingerprint density at radius 3 is 2.59 bits per heavy atom. The molecule has 1 amide bonds. The minimum absolute atomic E-state index is 0.212. The number of hydrogen-bond donors (Lipinski definition) is 2. The molecule has 2 N–H and O–H groups in total. The third kappa shape index (κ3) is 4.35. The molecule has 2 aliphatic rings. The fourth-order valence-electron chi connectivity index (χ4n) is 4.83. The lowest BCUT2D eigenvalue weighted by Crippen LogP contribution is -2.71. The molecule has 34 heavy (non-hydrogen) atoms. The zero-order valence-corrected chi connectivity index (χ0v) is 18.4. The Morgan fingerprint density at radius 2 is 1.94 bits per heavy atom. The van der Waals surface area contributed by atoms with Crippen LogP contribution < -0.4 is 15.8 Å². The molecule has 2 fully saturated rings. The number of nitrogens with one attached hydrogen (secondary N) is 2. The van der Waals surface area contributed by atoms with E-state index in [-0.39, 0.29) is 11.3 Å². The third-order valence-corrected chi connectivity index (χ3v) is 6.34. The monoisotopic (exact) mass is 472 g/mol. The fourth-order valence-corrected chi connectivity index (χ4v) is 4.83. The zero-order chi connectivity index (χ0) is 24.1. The predicted molar refractivity (Wildman–Crippen MR) is 120 cm³/mol. The number of carbonyl (C=O) groups is 1. The number of aromatic nitrogens is 3. The highest BCUT2D eigenvalue weighted by atomic mass is 19.4. The number of nitrogens with zero attached hydrogens (tertiary/aromatic N) is 4. The first-order chi connectivity index (χ1) is 16.1. The van der Waals surface area contributed by atoms with Crippen LogP contribution in [0.25, 0.3) is 11.0 Å². The van der Waals surface area contributed by atoms with Crippen molar-refractivity contribution in [2.45, 2.75) is 19.1 Å². The molecule has 3 aromatic rings. The Labute approximate surface area is 192 Å². The topological polar surface area (TPSA) is 94.2 Å². The molecule has 11 heteroatoms. The maximum atomic E-state index is 12.6. The number of fused-ring (bicyclic) bond motifs is 1. The number of alkyl halides is 3. The van der Waals surface area contributed by atoms with E-state index in [9.17, 15) is 22.8 Å². The van der Waals surface area contributed by atoms with E-state index in [0.717, 1.165) is 37.4 Å². The normalized spacial score (nSPS) is 17.5. The number of anilines is 1. The number of amides is 1. The molecule has 2 aromatic heterocycles. The van der Waals surface area contributed by atoms with Crippen LogP contribution >= 0.6 is 0 Å². The second-order valence-corrected chi connectivity index (χ2v) is 9.14. The maximum absolute atomic E-state index is 12.6. The molecule has 2 aliphatic heterocycles. The minimum Gasteiger partial charge on any atom is -0.369 e. The van der Waals surface area contributed by atoms with Gasteiger partial charge in [-0.2, -0.15) is 13.2 Å². The Balaban J connectivity index is 1.17. The van der Waals surface area contributed by atoms with Crippen molar-refractivity contribution in [3.05, 3.63) is 63.8 Å². The molecule has 0 aliphatic carbocycles.